The maximum absolute atomic E-state index is 12.0. The van der Waals surface area contributed by atoms with Crippen molar-refractivity contribution in [2.24, 2.45) is 0 Å². The Balaban J connectivity index is 2.12. The number of nitrogens with one attached hydrogen (secondary N) is 2. The summed E-state index contributed by atoms with van der Waals surface area (Å²) in [4.78, 5) is 23.3. The van der Waals surface area contributed by atoms with E-state index in [4.69, 9.17) is 16.3 Å². The van der Waals surface area contributed by atoms with Crippen LogP contribution in [0, 0.1) is 6.92 Å². The third-order valence-electron chi connectivity index (χ3n) is 3.93. The van der Waals surface area contributed by atoms with Crippen molar-refractivity contribution in [1.82, 2.24) is 5.32 Å². The van der Waals surface area contributed by atoms with E-state index in [9.17, 15) is 14.7 Å². The van der Waals surface area contributed by atoms with Crippen LogP contribution in [0.15, 0.2) is 36.4 Å². The van der Waals surface area contributed by atoms with Gasteiger partial charge in [-0.25, -0.2) is 4.79 Å². The Morgan fingerprint density at radius 3 is 2.54 bits per heavy atom. The molecule has 0 unspecified atom stereocenters. The van der Waals surface area contributed by atoms with E-state index in [1.54, 1.807) is 37.3 Å². The van der Waals surface area contributed by atoms with Gasteiger partial charge in [0.2, 0.25) is 0 Å². The molecule has 0 aliphatic carbocycles. The molecule has 0 radical (unpaired) electrons. The van der Waals surface area contributed by atoms with Crippen LogP contribution in [0.25, 0.3) is 0 Å². The number of benzene rings is 2. The Labute approximate surface area is 169 Å². The number of rotatable bonds is 7. The first kappa shape index (κ1) is 21.6. The Morgan fingerprint density at radius 1 is 1.18 bits per heavy atom. The van der Waals surface area contributed by atoms with Gasteiger partial charge in [-0.1, -0.05) is 17.7 Å². The minimum Gasteiger partial charge on any atom is -0.483 e. The Morgan fingerprint density at radius 2 is 1.89 bits per heavy atom. The summed E-state index contributed by atoms with van der Waals surface area (Å²) >= 11 is 6.11. The Hall–Kier alpha value is -2.73. The monoisotopic (exact) mass is 404 g/mol. The molecule has 0 saturated carbocycles. The van der Waals surface area contributed by atoms with Gasteiger partial charge in [-0.15, -0.1) is 0 Å². The fourth-order valence-electron chi connectivity index (χ4n) is 2.67. The van der Waals surface area contributed by atoms with Gasteiger partial charge in [0.1, 0.15) is 5.75 Å². The van der Waals surface area contributed by atoms with Crippen molar-refractivity contribution in [3.8, 4) is 5.75 Å². The van der Waals surface area contributed by atoms with Gasteiger partial charge in [-0.05, 0) is 63.6 Å². The first-order chi connectivity index (χ1) is 13.1. The van der Waals surface area contributed by atoms with Gasteiger partial charge < -0.3 is 20.5 Å². The van der Waals surface area contributed by atoms with Crippen LogP contribution in [-0.4, -0.2) is 29.1 Å². The third kappa shape index (κ3) is 6.16. The molecule has 0 saturated heterocycles. The molecule has 0 aliphatic rings. The number of carboxylic acids is 1. The topological polar surface area (TPSA) is 87.7 Å². The van der Waals surface area contributed by atoms with Crippen molar-refractivity contribution in [2.45, 2.75) is 39.8 Å². The van der Waals surface area contributed by atoms with Crippen LogP contribution in [-0.2, 0) is 11.3 Å². The molecule has 2 aromatic rings. The van der Waals surface area contributed by atoms with Crippen LogP contribution >= 0.6 is 11.6 Å². The predicted octanol–water partition coefficient (Wildman–Crippen LogP) is 4.25. The molecule has 0 aromatic heterocycles. The second-order valence-corrected chi connectivity index (χ2v) is 7.91. The molecule has 2 aromatic carbocycles. The van der Waals surface area contributed by atoms with Crippen LogP contribution in [0.5, 0.6) is 5.75 Å². The van der Waals surface area contributed by atoms with E-state index in [1.165, 1.54) is 0 Å². The minimum atomic E-state index is -0.974. The van der Waals surface area contributed by atoms with Gasteiger partial charge in [0, 0.05) is 28.4 Å². The van der Waals surface area contributed by atoms with Crippen molar-refractivity contribution >= 4 is 29.2 Å². The number of carbonyl (C=O) groups is 2. The average Bonchev–Trinajstić information content (AvgIpc) is 2.58. The van der Waals surface area contributed by atoms with Crippen molar-refractivity contribution < 1.29 is 19.4 Å². The summed E-state index contributed by atoms with van der Waals surface area (Å²) in [5.41, 5.74) is 2.01. The molecule has 0 fully saturated rings. The minimum absolute atomic E-state index is 0.112. The van der Waals surface area contributed by atoms with Crippen LogP contribution in [0.1, 0.15) is 42.3 Å². The SMILES string of the molecule is Cc1c(NCc2cc(Cl)ccc2OCC(=O)NC(C)(C)C)cccc1C(=O)O. The molecule has 0 aliphatic heterocycles. The predicted molar refractivity (Wildman–Crippen MR) is 110 cm³/mol. The highest BCUT2D eigenvalue weighted by Crippen LogP contribution is 2.26. The number of halogens is 1. The van der Waals surface area contributed by atoms with Crippen LogP contribution in [0.3, 0.4) is 0 Å². The van der Waals surface area contributed by atoms with Crippen LogP contribution in [0.4, 0.5) is 5.69 Å². The molecular formula is C21H25ClN2O4. The fraction of sp³-hybridized carbons (Fsp3) is 0.333. The molecule has 28 heavy (non-hydrogen) atoms. The lowest BCUT2D eigenvalue weighted by molar-refractivity contribution is -0.124. The summed E-state index contributed by atoms with van der Waals surface area (Å²) in [5.74, 6) is -0.655. The standard InChI is InChI=1S/C21H25ClN2O4/c1-13-16(20(26)27)6-5-7-17(13)23-11-14-10-15(22)8-9-18(14)28-12-19(25)24-21(2,3)4/h5-10,23H,11-12H2,1-4H3,(H,24,25)(H,26,27). The smallest absolute Gasteiger partial charge is 0.336 e. The quantitative estimate of drug-likeness (QED) is 0.642. The number of aromatic carboxylic acids is 1. The second-order valence-electron chi connectivity index (χ2n) is 7.48. The fourth-order valence-corrected chi connectivity index (χ4v) is 2.87. The third-order valence-corrected chi connectivity index (χ3v) is 4.16. The second kappa shape index (κ2) is 8.97. The zero-order valence-corrected chi connectivity index (χ0v) is 17.2. The van der Waals surface area contributed by atoms with Crippen molar-refractivity contribution in [2.75, 3.05) is 11.9 Å². The molecule has 0 atom stereocenters. The molecule has 6 nitrogen and oxygen atoms in total. The van der Waals surface area contributed by atoms with Crippen LogP contribution in [0.2, 0.25) is 5.02 Å². The van der Waals surface area contributed by atoms with E-state index in [0.717, 1.165) is 5.56 Å². The van der Waals surface area contributed by atoms with E-state index in [0.29, 0.717) is 28.6 Å². The van der Waals surface area contributed by atoms with Crippen molar-refractivity contribution in [1.29, 1.82) is 0 Å². The highest BCUT2D eigenvalue weighted by atomic mass is 35.5. The zero-order valence-electron chi connectivity index (χ0n) is 16.4. The molecule has 7 heteroatoms. The number of carboxylic acid groups (broad SMARTS) is 1. The van der Waals surface area contributed by atoms with E-state index in [-0.39, 0.29) is 23.6 Å². The molecular weight excluding hydrogens is 380 g/mol. The molecule has 150 valence electrons. The Kier molecular flexibility index (Phi) is 6.91. The van der Waals surface area contributed by atoms with E-state index >= 15 is 0 Å². The molecule has 1 amide bonds. The average molecular weight is 405 g/mol. The summed E-state index contributed by atoms with van der Waals surface area (Å²) in [5, 5.41) is 15.9. The van der Waals surface area contributed by atoms with Gasteiger partial charge in [0.05, 0.1) is 5.56 Å². The van der Waals surface area contributed by atoms with E-state index in [2.05, 4.69) is 10.6 Å². The normalized spacial score (nSPS) is 11.0. The van der Waals surface area contributed by atoms with Crippen molar-refractivity contribution in [3.05, 3.63) is 58.1 Å². The number of hydrogen-bond donors (Lipinski definition) is 3. The maximum atomic E-state index is 12.0. The summed E-state index contributed by atoms with van der Waals surface area (Å²) in [6.07, 6.45) is 0. The van der Waals surface area contributed by atoms with Gasteiger partial charge in [0.25, 0.3) is 5.91 Å². The highest BCUT2D eigenvalue weighted by Gasteiger charge is 2.15. The molecule has 2 rings (SSSR count). The van der Waals surface area contributed by atoms with Gasteiger partial charge >= 0.3 is 5.97 Å². The lowest BCUT2D eigenvalue weighted by Gasteiger charge is -2.21. The van der Waals surface area contributed by atoms with E-state index in [1.807, 2.05) is 26.8 Å². The van der Waals surface area contributed by atoms with Gasteiger partial charge in [0.15, 0.2) is 6.61 Å². The number of ether oxygens (including phenoxy) is 1. The van der Waals surface area contributed by atoms with E-state index < -0.39 is 5.97 Å². The largest absolute Gasteiger partial charge is 0.483 e. The molecule has 0 spiro atoms. The summed E-state index contributed by atoms with van der Waals surface area (Å²) in [7, 11) is 0. The first-order valence-corrected chi connectivity index (χ1v) is 9.23. The summed E-state index contributed by atoms with van der Waals surface area (Å²) in [6, 6.07) is 10.2. The number of anilines is 1. The molecule has 0 bridgehead atoms. The highest BCUT2D eigenvalue weighted by molar-refractivity contribution is 6.30. The summed E-state index contributed by atoms with van der Waals surface area (Å²) in [6.45, 7) is 7.69. The molecule has 0 heterocycles. The Bertz CT molecular complexity index is 875. The zero-order chi connectivity index (χ0) is 20.9. The van der Waals surface area contributed by atoms with Gasteiger partial charge in [-0.3, -0.25) is 4.79 Å². The van der Waals surface area contributed by atoms with Crippen molar-refractivity contribution in [3.63, 3.8) is 0 Å². The first-order valence-electron chi connectivity index (χ1n) is 8.86. The number of hydrogen-bond acceptors (Lipinski definition) is 4. The number of carbonyl (C=O) groups excluding carboxylic acids is 1. The molecule has 3 N–H and O–H groups in total. The number of amides is 1. The summed E-state index contributed by atoms with van der Waals surface area (Å²) < 4.78 is 5.68. The lowest BCUT2D eigenvalue weighted by atomic mass is 10.1. The van der Waals surface area contributed by atoms with Crippen LogP contribution < -0.4 is 15.4 Å². The lowest BCUT2D eigenvalue weighted by Crippen LogP contribution is -2.43. The van der Waals surface area contributed by atoms with Gasteiger partial charge in [-0.2, -0.15) is 0 Å². The maximum Gasteiger partial charge on any atom is 0.336 e.